The summed E-state index contributed by atoms with van der Waals surface area (Å²) >= 11 is 12.1. The first-order valence-corrected chi connectivity index (χ1v) is 11.6. The lowest BCUT2D eigenvalue weighted by atomic mass is 10.1. The Labute approximate surface area is 182 Å². The van der Waals surface area contributed by atoms with Gasteiger partial charge in [0.1, 0.15) is 6.29 Å². The molecule has 0 saturated carbocycles. The Bertz CT molecular complexity index is 982. The summed E-state index contributed by atoms with van der Waals surface area (Å²) in [6.07, 6.45) is 1.89. The molecular weight excluding hydrogens is 456 g/mol. The molecule has 13 heteroatoms. The van der Waals surface area contributed by atoms with Crippen LogP contribution in [-0.4, -0.2) is 50.5 Å². The molecule has 5 N–H and O–H groups in total. The smallest absolute Gasteiger partial charge is 0.346 e. The molecule has 2 heterocycles. The number of piperidine rings is 1. The number of hydrogen-bond acceptors (Lipinski definition) is 5. The van der Waals surface area contributed by atoms with Crippen molar-refractivity contribution in [1.29, 1.82) is 0 Å². The number of benzene rings is 1. The lowest BCUT2D eigenvalue weighted by molar-refractivity contribution is 0.0924. The van der Waals surface area contributed by atoms with E-state index in [9.17, 15) is 23.9 Å². The largest absolute Gasteiger partial charge is 0.348 e. The maximum Gasteiger partial charge on any atom is 0.346 e. The summed E-state index contributed by atoms with van der Waals surface area (Å²) in [5.41, 5.74) is -0.178. The Hall–Kier alpha value is -1.94. The zero-order valence-corrected chi connectivity index (χ0v) is 18.0. The van der Waals surface area contributed by atoms with Crippen LogP contribution in [0.25, 0.3) is 0 Å². The summed E-state index contributed by atoms with van der Waals surface area (Å²) < 4.78 is 12.3. The van der Waals surface area contributed by atoms with Crippen molar-refractivity contribution in [2.75, 3.05) is 18.4 Å². The van der Waals surface area contributed by atoms with Gasteiger partial charge in [-0.05, 0) is 38.1 Å². The molecule has 0 aliphatic carbocycles. The van der Waals surface area contributed by atoms with E-state index in [4.69, 9.17) is 23.2 Å². The van der Waals surface area contributed by atoms with Crippen LogP contribution < -0.4 is 16.0 Å². The third-order valence-corrected chi connectivity index (χ3v) is 5.71. The highest BCUT2D eigenvalue weighted by Crippen LogP contribution is 2.37. The Morgan fingerprint density at radius 3 is 2.43 bits per heavy atom. The van der Waals surface area contributed by atoms with Gasteiger partial charge in [-0.15, -0.1) is 0 Å². The molecule has 1 aromatic carbocycles. The molecular formula is C17H20Cl2N5O5P. The number of aromatic nitrogens is 2. The SMILES string of the molecule is O=C(NC1CCNCC1)c1nn(CP(=O)(O)O)cc1NC(=O)c1c(Cl)cccc1Cl. The summed E-state index contributed by atoms with van der Waals surface area (Å²) in [7, 11) is -4.46. The predicted molar refractivity (Wildman–Crippen MR) is 112 cm³/mol. The van der Waals surface area contributed by atoms with Gasteiger partial charge in [0, 0.05) is 6.04 Å². The molecule has 1 fully saturated rings. The van der Waals surface area contributed by atoms with E-state index in [1.807, 2.05) is 0 Å². The second kappa shape index (κ2) is 9.47. The molecule has 1 saturated heterocycles. The molecule has 162 valence electrons. The van der Waals surface area contributed by atoms with E-state index in [1.165, 1.54) is 18.3 Å². The molecule has 1 aliphatic rings. The summed E-state index contributed by atoms with van der Waals surface area (Å²) in [6, 6.07) is 4.48. The number of carbonyl (C=O) groups is 2. The van der Waals surface area contributed by atoms with Crippen LogP contribution in [0.15, 0.2) is 24.4 Å². The fourth-order valence-corrected chi connectivity index (χ4v) is 4.15. The van der Waals surface area contributed by atoms with Gasteiger partial charge in [0.2, 0.25) is 0 Å². The van der Waals surface area contributed by atoms with Gasteiger partial charge in [0.05, 0.1) is 27.5 Å². The maximum atomic E-state index is 12.8. The highest BCUT2D eigenvalue weighted by Gasteiger charge is 2.25. The molecule has 30 heavy (non-hydrogen) atoms. The number of nitrogens with zero attached hydrogens (tertiary/aromatic N) is 2. The van der Waals surface area contributed by atoms with E-state index >= 15 is 0 Å². The van der Waals surface area contributed by atoms with Gasteiger partial charge in [-0.1, -0.05) is 29.3 Å². The fraction of sp³-hybridized carbons (Fsp3) is 0.353. The standard InChI is InChI=1S/C17H20Cl2N5O5P/c18-11-2-1-3-12(19)14(11)16(25)22-13-8-24(9-30(27,28)29)23-15(13)17(26)21-10-4-6-20-7-5-10/h1-3,8,10,20H,4-7,9H2,(H,21,26)(H,22,25)(H2,27,28,29). The Balaban J connectivity index is 1.88. The second-order valence-corrected chi connectivity index (χ2v) is 9.21. The topological polar surface area (TPSA) is 146 Å². The Morgan fingerprint density at radius 1 is 1.20 bits per heavy atom. The van der Waals surface area contributed by atoms with Crippen LogP contribution in [0, 0.1) is 0 Å². The minimum atomic E-state index is -4.46. The maximum absolute atomic E-state index is 12.8. The zero-order valence-electron chi connectivity index (χ0n) is 15.6. The number of hydrogen-bond donors (Lipinski definition) is 5. The van der Waals surface area contributed by atoms with E-state index in [-0.39, 0.29) is 33.0 Å². The van der Waals surface area contributed by atoms with Gasteiger partial charge in [0.25, 0.3) is 11.8 Å². The van der Waals surface area contributed by atoms with Crippen molar-refractivity contribution >= 4 is 48.3 Å². The normalized spacial score (nSPS) is 15.1. The first-order chi connectivity index (χ1) is 14.1. The monoisotopic (exact) mass is 475 g/mol. The lowest BCUT2D eigenvalue weighted by Crippen LogP contribution is -2.43. The molecule has 0 bridgehead atoms. The van der Waals surface area contributed by atoms with Crippen LogP contribution >= 0.6 is 30.8 Å². The van der Waals surface area contributed by atoms with Crippen molar-refractivity contribution in [3.05, 3.63) is 45.7 Å². The molecule has 10 nitrogen and oxygen atoms in total. The lowest BCUT2D eigenvalue weighted by Gasteiger charge is -2.23. The first kappa shape index (κ1) is 22.7. The van der Waals surface area contributed by atoms with Crippen molar-refractivity contribution in [1.82, 2.24) is 20.4 Å². The molecule has 1 aromatic heterocycles. The third kappa shape index (κ3) is 5.81. The quantitative estimate of drug-likeness (QED) is 0.401. The van der Waals surface area contributed by atoms with E-state index in [0.29, 0.717) is 0 Å². The number of anilines is 1. The van der Waals surface area contributed by atoms with E-state index in [0.717, 1.165) is 30.6 Å². The Morgan fingerprint density at radius 2 is 1.83 bits per heavy atom. The average molecular weight is 476 g/mol. The highest BCUT2D eigenvalue weighted by atomic mass is 35.5. The molecule has 0 atom stereocenters. The number of rotatable bonds is 6. The molecule has 3 rings (SSSR count). The Kier molecular flexibility index (Phi) is 7.18. The van der Waals surface area contributed by atoms with Gasteiger partial charge < -0.3 is 25.7 Å². The average Bonchev–Trinajstić information content (AvgIpc) is 3.02. The molecule has 2 aromatic rings. The van der Waals surface area contributed by atoms with Crippen LogP contribution in [0.1, 0.15) is 33.7 Å². The number of halogens is 2. The first-order valence-electron chi connectivity index (χ1n) is 9.03. The molecule has 0 unspecified atom stereocenters. The van der Waals surface area contributed by atoms with Crippen LogP contribution in [0.4, 0.5) is 5.69 Å². The molecule has 1 aliphatic heterocycles. The van der Waals surface area contributed by atoms with E-state index in [1.54, 1.807) is 6.07 Å². The van der Waals surface area contributed by atoms with E-state index in [2.05, 4.69) is 21.0 Å². The van der Waals surface area contributed by atoms with Gasteiger partial charge in [0.15, 0.2) is 5.69 Å². The second-order valence-electron chi connectivity index (χ2n) is 6.79. The van der Waals surface area contributed by atoms with Crippen molar-refractivity contribution < 1.29 is 23.9 Å². The van der Waals surface area contributed by atoms with Gasteiger partial charge in [-0.3, -0.25) is 18.8 Å². The minimum Gasteiger partial charge on any atom is -0.348 e. The third-order valence-electron chi connectivity index (χ3n) is 4.42. The minimum absolute atomic E-state index is 0.00767. The van der Waals surface area contributed by atoms with Crippen molar-refractivity contribution in [3.63, 3.8) is 0 Å². The van der Waals surface area contributed by atoms with Crippen molar-refractivity contribution in [2.24, 2.45) is 0 Å². The molecule has 0 radical (unpaired) electrons. The zero-order chi connectivity index (χ0) is 21.9. The summed E-state index contributed by atoms with van der Waals surface area (Å²) in [4.78, 5) is 43.9. The molecule has 0 spiro atoms. The predicted octanol–water partition coefficient (Wildman–Crippen LogP) is 2.06. The highest BCUT2D eigenvalue weighted by molar-refractivity contribution is 7.50. The van der Waals surface area contributed by atoms with Crippen LogP contribution in [0.2, 0.25) is 10.0 Å². The van der Waals surface area contributed by atoms with Gasteiger partial charge >= 0.3 is 7.60 Å². The van der Waals surface area contributed by atoms with Crippen LogP contribution in [0.5, 0.6) is 0 Å². The van der Waals surface area contributed by atoms with Crippen LogP contribution in [0.3, 0.4) is 0 Å². The van der Waals surface area contributed by atoms with E-state index < -0.39 is 25.7 Å². The number of nitrogens with one attached hydrogen (secondary N) is 3. The fourth-order valence-electron chi connectivity index (χ4n) is 3.06. The summed E-state index contributed by atoms with van der Waals surface area (Å²) in [5.74, 6) is -1.25. The van der Waals surface area contributed by atoms with Crippen LogP contribution in [-0.2, 0) is 10.9 Å². The van der Waals surface area contributed by atoms with Gasteiger partial charge in [-0.2, -0.15) is 5.10 Å². The molecule has 2 amide bonds. The summed E-state index contributed by atoms with van der Waals surface area (Å²) in [5, 5.41) is 12.7. The number of amides is 2. The summed E-state index contributed by atoms with van der Waals surface area (Å²) in [6.45, 7) is 1.51. The van der Waals surface area contributed by atoms with Crippen molar-refractivity contribution in [3.8, 4) is 0 Å². The number of carbonyl (C=O) groups excluding carboxylic acids is 2. The van der Waals surface area contributed by atoms with Crippen molar-refractivity contribution in [2.45, 2.75) is 25.2 Å². The van der Waals surface area contributed by atoms with Gasteiger partial charge in [-0.25, -0.2) is 0 Å².